The molecule has 2 nitrogen and oxygen atoms in total. The second-order valence-corrected chi connectivity index (χ2v) is 5.70. The van der Waals surface area contributed by atoms with Crippen LogP contribution in [0, 0.1) is 35.5 Å². The molecule has 0 unspecified atom stereocenters. The first kappa shape index (κ1) is 7.72. The Labute approximate surface area is 84.0 Å². The number of fused-ring (bicyclic) bond motifs is 3. The summed E-state index contributed by atoms with van der Waals surface area (Å²) in [6.07, 6.45) is 4.59. The summed E-state index contributed by atoms with van der Waals surface area (Å²) in [6, 6.07) is 0. The van der Waals surface area contributed by atoms with Crippen molar-refractivity contribution < 1.29 is 9.53 Å². The highest BCUT2D eigenvalue weighted by molar-refractivity contribution is 5.66. The fourth-order valence-electron chi connectivity index (χ4n) is 5.39. The van der Waals surface area contributed by atoms with Gasteiger partial charge in [0, 0.05) is 12.8 Å². The van der Waals surface area contributed by atoms with Crippen molar-refractivity contribution in [2.75, 3.05) is 0 Å². The van der Waals surface area contributed by atoms with Crippen molar-refractivity contribution in [1.29, 1.82) is 0 Å². The van der Waals surface area contributed by atoms with E-state index in [4.69, 9.17) is 4.74 Å². The van der Waals surface area contributed by atoms with Crippen LogP contribution in [0.25, 0.3) is 0 Å². The van der Waals surface area contributed by atoms with E-state index >= 15 is 0 Å². The van der Waals surface area contributed by atoms with E-state index in [1.54, 1.807) is 6.92 Å². The van der Waals surface area contributed by atoms with Crippen molar-refractivity contribution in [3.05, 3.63) is 0 Å². The Balaban J connectivity index is 1.66. The molecule has 2 bridgehead atoms. The van der Waals surface area contributed by atoms with Crippen LogP contribution in [0.3, 0.4) is 0 Å². The van der Waals surface area contributed by atoms with Crippen LogP contribution in [0.4, 0.5) is 0 Å². The highest BCUT2D eigenvalue weighted by atomic mass is 16.5. The molecule has 0 aromatic heterocycles. The molecule has 0 spiro atoms. The van der Waals surface area contributed by atoms with Gasteiger partial charge in [-0.15, -0.1) is 0 Å². The van der Waals surface area contributed by atoms with E-state index in [9.17, 15) is 4.79 Å². The molecule has 4 rings (SSSR count). The number of ether oxygens (including phenoxy) is 1. The maximum atomic E-state index is 11.0. The van der Waals surface area contributed by atoms with Crippen molar-refractivity contribution in [1.82, 2.24) is 0 Å². The molecule has 0 aromatic carbocycles. The predicted molar refractivity (Wildman–Crippen MR) is 50.3 cm³/mol. The molecule has 14 heavy (non-hydrogen) atoms. The van der Waals surface area contributed by atoms with Gasteiger partial charge in [0.25, 0.3) is 0 Å². The molecule has 4 aliphatic rings. The van der Waals surface area contributed by atoms with E-state index < -0.39 is 0 Å². The molecule has 0 amide bonds. The van der Waals surface area contributed by atoms with Gasteiger partial charge in [-0.2, -0.15) is 0 Å². The van der Waals surface area contributed by atoms with Crippen LogP contribution in [0.2, 0.25) is 0 Å². The molecular weight excluding hydrogens is 176 g/mol. The Bertz CT molecular complexity index is 305. The van der Waals surface area contributed by atoms with Gasteiger partial charge in [0.15, 0.2) is 0 Å². The zero-order valence-corrected chi connectivity index (χ0v) is 8.48. The summed E-state index contributed by atoms with van der Waals surface area (Å²) in [4.78, 5) is 11.0. The van der Waals surface area contributed by atoms with Crippen LogP contribution in [-0.4, -0.2) is 12.1 Å². The van der Waals surface area contributed by atoms with Gasteiger partial charge in [-0.3, -0.25) is 4.79 Å². The average molecular weight is 192 g/mol. The molecule has 0 radical (unpaired) electrons. The Hall–Kier alpha value is -0.530. The van der Waals surface area contributed by atoms with Crippen LogP contribution >= 0.6 is 0 Å². The van der Waals surface area contributed by atoms with Crippen LogP contribution in [0.1, 0.15) is 26.2 Å². The first-order chi connectivity index (χ1) is 6.77. The van der Waals surface area contributed by atoms with Gasteiger partial charge in [-0.1, -0.05) is 0 Å². The van der Waals surface area contributed by atoms with Crippen molar-refractivity contribution in [3.8, 4) is 0 Å². The van der Waals surface area contributed by atoms with E-state index in [-0.39, 0.29) is 5.97 Å². The van der Waals surface area contributed by atoms with Crippen molar-refractivity contribution in [2.24, 2.45) is 35.5 Å². The number of carbonyl (C=O) groups excluding carboxylic acids is 1. The van der Waals surface area contributed by atoms with Gasteiger partial charge in [0.05, 0.1) is 0 Å². The number of carbonyl (C=O) groups is 1. The van der Waals surface area contributed by atoms with Gasteiger partial charge in [0.1, 0.15) is 6.10 Å². The Morgan fingerprint density at radius 3 is 2.43 bits per heavy atom. The molecule has 0 N–H and O–H groups in total. The molecule has 0 saturated heterocycles. The first-order valence-corrected chi connectivity index (χ1v) is 5.94. The average Bonchev–Trinajstić information content (AvgIpc) is 2.60. The van der Waals surface area contributed by atoms with Crippen molar-refractivity contribution in [3.63, 3.8) is 0 Å². The second kappa shape index (κ2) is 2.17. The monoisotopic (exact) mass is 192 g/mol. The van der Waals surface area contributed by atoms with E-state index in [0.29, 0.717) is 6.10 Å². The molecule has 4 aliphatic carbocycles. The lowest BCUT2D eigenvalue weighted by atomic mass is 9.56. The van der Waals surface area contributed by atoms with E-state index in [0.717, 1.165) is 35.5 Å². The minimum Gasteiger partial charge on any atom is -0.462 e. The standard InChI is InChI=1S/C12H16O2/c1-5(13)14-12-9-4-8-6-2-3-7(9)10(6)11(8)12/h6-12H,2-4H2,1H3/t6-,7-,8+,9-,10+,11-,12+/m0/s1. The zero-order valence-electron chi connectivity index (χ0n) is 8.48. The second-order valence-electron chi connectivity index (χ2n) is 5.70. The third kappa shape index (κ3) is 0.636. The molecule has 0 aliphatic heterocycles. The maximum absolute atomic E-state index is 11.0. The molecule has 0 aromatic rings. The van der Waals surface area contributed by atoms with Gasteiger partial charge < -0.3 is 4.74 Å². The largest absolute Gasteiger partial charge is 0.462 e. The van der Waals surface area contributed by atoms with Gasteiger partial charge in [-0.05, 0) is 48.9 Å². The third-order valence-electron chi connectivity index (χ3n) is 5.51. The molecule has 7 atom stereocenters. The Kier molecular flexibility index (Phi) is 1.20. The lowest BCUT2D eigenvalue weighted by molar-refractivity contribution is -0.151. The molecule has 76 valence electrons. The Morgan fingerprint density at radius 1 is 1.07 bits per heavy atom. The maximum Gasteiger partial charge on any atom is 0.302 e. The topological polar surface area (TPSA) is 26.3 Å². The third-order valence-corrected chi connectivity index (χ3v) is 5.51. The van der Waals surface area contributed by atoms with Gasteiger partial charge >= 0.3 is 5.97 Å². The minimum atomic E-state index is -0.0657. The highest BCUT2D eigenvalue weighted by Crippen LogP contribution is 2.75. The summed E-state index contributed by atoms with van der Waals surface area (Å²) in [5, 5.41) is 0. The molecular formula is C12H16O2. The van der Waals surface area contributed by atoms with Crippen molar-refractivity contribution in [2.45, 2.75) is 32.3 Å². The summed E-state index contributed by atoms with van der Waals surface area (Å²) in [6.45, 7) is 1.56. The van der Waals surface area contributed by atoms with Gasteiger partial charge in [-0.25, -0.2) is 0 Å². The highest BCUT2D eigenvalue weighted by Gasteiger charge is 2.73. The van der Waals surface area contributed by atoms with Crippen LogP contribution in [0.15, 0.2) is 0 Å². The number of hydrogen-bond donors (Lipinski definition) is 0. The SMILES string of the molecule is CC(=O)O[C@@H]1[C@H]2C[C@@H]3[C@@H]4CC[C@@H]2[C@@H]4[C@H]31. The molecule has 4 saturated carbocycles. The Morgan fingerprint density at radius 2 is 1.79 bits per heavy atom. The molecule has 0 heterocycles. The number of hydrogen-bond acceptors (Lipinski definition) is 2. The zero-order chi connectivity index (χ0) is 9.45. The fourth-order valence-corrected chi connectivity index (χ4v) is 5.39. The summed E-state index contributed by atoms with van der Waals surface area (Å²) in [5.74, 6) is 5.32. The van der Waals surface area contributed by atoms with E-state index in [1.807, 2.05) is 0 Å². The first-order valence-electron chi connectivity index (χ1n) is 5.94. The summed E-state index contributed by atoms with van der Waals surface area (Å²) >= 11 is 0. The van der Waals surface area contributed by atoms with Crippen LogP contribution < -0.4 is 0 Å². The van der Waals surface area contributed by atoms with Crippen LogP contribution in [-0.2, 0) is 9.53 Å². The van der Waals surface area contributed by atoms with E-state index in [1.165, 1.54) is 19.3 Å². The van der Waals surface area contributed by atoms with Crippen LogP contribution in [0.5, 0.6) is 0 Å². The minimum absolute atomic E-state index is 0.0657. The molecule has 4 fully saturated rings. The summed E-state index contributed by atoms with van der Waals surface area (Å²) in [7, 11) is 0. The van der Waals surface area contributed by atoms with E-state index in [2.05, 4.69) is 0 Å². The summed E-state index contributed by atoms with van der Waals surface area (Å²) in [5.41, 5.74) is 0. The normalized spacial score (nSPS) is 61.4. The fraction of sp³-hybridized carbons (Fsp3) is 0.917. The number of rotatable bonds is 1. The predicted octanol–water partition coefficient (Wildman–Crippen LogP) is 1.84. The quantitative estimate of drug-likeness (QED) is 0.592. The lowest BCUT2D eigenvalue weighted by Crippen LogP contribution is -2.45. The number of esters is 1. The lowest BCUT2D eigenvalue weighted by Gasteiger charge is -2.48. The molecule has 2 heteroatoms. The van der Waals surface area contributed by atoms with Gasteiger partial charge in [0.2, 0.25) is 0 Å². The summed E-state index contributed by atoms with van der Waals surface area (Å²) < 4.78 is 5.51. The van der Waals surface area contributed by atoms with Crippen molar-refractivity contribution >= 4 is 5.97 Å². The smallest absolute Gasteiger partial charge is 0.302 e.